The number of nitrogen functional groups attached to an aromatic ring is 1. The Labute approximate surface area is 162 Å². The number of aromatic nitrogens is 2. The van der Waals surface area contributed by atoms with E-state index in [2.05, 4.69) is 15.7 Å². The molecule has 142 valence electrons. The highest BCUT2D eigenvalue weighted by molar-refractivity contribution is 5.97. The molecule has 1 aromatic heterocycles. The summed E-state index contributed by atoms with van der Waals surface area (Å²) in [7, 11) is 0. The minimum absolute atomic E-state index is 0.0394. The van der Waals surface area contributed by atoms with Crippen LogP contribution in [0.25, 0.3) is 16.8 Å². The van der Waals surface area contributed by atoms with Crippen LogP contribution in [0.1, 0.15) is 29.3 Å². The predicted octanol–water partition coefficient (Wildman–Crippen LogP) is 2.76. The lowest BCUT2D eigenvalue weighted by molar-refractivity contribution is -0.115. The highest BCUT2D eigenvalue weighted by Crippen LogP contribution is 2.29. The number of hydrogen-bond acceptors (Lipinski definition) is 4. The number of rotatable bonds is 4. The number of benzene rings is 2. The summed E-state index contributed by atoms with van der Waals surface area (Å²) >= 11 is 0. The fourth-order valence-electron chi connectivity index (χ4n) is 3.31. The molecule has 1 aliphatic rings. The van der Waals surface area contributed by atoms with E-state index in [0.717, 1.165) is 28.8 Å². The number of carbonyl (C=O) groups excluding carboxylic acids is 2. The lowest BCUT2D eigenvalue weighted by Gasteiger charge is -2.17. The molecule has 0 bridgehead atoms. The van der Waals surface area contributed by atoms with Gasteiger partial charge in [-0.05, 0) is 41.8 Å². The van der Waals surface area contributed by atoms with Crippen molar-refractivity contribution in [3.05, 3.63) is 59.8 Å². The van der Waals surface area contributed by atoms with E-state index < -0.39 is 0 Å². The van der Waals surface area contributed by atoms with Crippen LogP contribution in [-0.4, -0.2) is 28.1 Å². The number of amides is 2. The maximum absolute atomic E-state index is 11.9. The van der Waals surface area contributed by atoms with Crippen LogP contribution < -0.4 is 16.4 Å². The molecular weight excluding hydrogens is 354 g/mol. The molecule has 0 radical (unpaired) electrons. The van der Waals surface area contributed by atoms with Crippen molar-refractivity contribution in [2.24, 2.45) is 0 Å². The summed E-state index contributed by atoms with van der Waals surface area (Å²) in [6, 6.07) is 13.2. The van der Waals surface area contributed by atoms with E-state index in [1.54, 1.807) is 4.68 Å². The van der Waals surface area contributed by atoms with E-state index in [4.69, 9.17) is 5.73 Å². The quantitative estimate of drug-likeness (QED) is 0.652. The Morgan fingerprint density at radius 2 is 2.11 bits per heavy atom. The lowest BCUT2D eigenvalue weighted by atomic mass is 9.96. The summed E-state index contributed by atoms with van der Waals surface area (Å²) in [6.45, 7) is 2.45. The van der Waals surface area contributed by atoms with Crippen molar-refractivity contribution in [1.82, 2.24) is 15.1 Å². The second kappa shape index (κ2) is 7.19. The minimum Gasteiger partial charge on any atom is -0.382 e. The highest BCUT2D eigenvalue weighted by Gasteiger charge is 2.18. The SMILES string of the molecule is CCC(=O)Nc1cccc(-n2cc(-c3ccc4c(c3)CCNC4=O)c(N)n2)c1. The number of hydrogen-bond donors (Lipinski definition) is 3. The first kappa shape index (κ1) is 17.8. The Balaban J connectivity index is 1.67. The number of nitrogens with zero attached hydrogens (tertiary/aromatic N) is 2. The maximum atomic E-state index is 11.9. The van der Waals surface area contributed by atoms with Crippen molar-refractivity contribution in [2.75, 3.05) is 17.6 Å². The molecule has 2 aromatic carbocycles. The minimum atomic E-state index is -0.0454. The molecule has 4 N–H and O–H groups in total. The van der Waals surface area contributed by atoms with Crippen LogP contribution in [0, 0.1) is 0 Å². The third kappa shape index (κ3) is 3.34. The molecule has 0 spiro atoms. The fraction of sp³-hybridized carbons (Fsp3) is 0.190. The summed E-state index contributed by atoms with van der Waals surface area (Å²) in [5.74, 6) is 0.321. The highest BCUT2D eigenvalue weighted by atomic mass is 16.2. The number of carbonyl (C=O) groups is 2. The van der Waals surface area contributed by atoms with Crippen molar-refractivity contribution in [1.29, 1.82) is 0 Å². The normalized spacial score (nSPS) is 13.0. The fourth-order valence-corrected chi connectivity index (χ4v) is 3.31. The molecule has 2 heterocycles. The van der Waals surface area contributed by atoms with E-state index in [-0.39, 0.29) is 11.8 Å². The molecular formula is C21H21N5O2. The van der Waals surface area contributed by atoms with Gasteiger partial charge < -0.3 is 16.4 Å². The van der Waals surface area contributed by atoms with E-state index in [1.807, 2.05) is 55.6 Å². The van der Waals surface area contributed by atoms with Crippen molar-refractivity contribution >= 4 is 23.3 Å². The molecule has 28 heavy (non-hydrogen) atoms. The third-order valence-corrected chi connectivity index (χ3v) is 4.80. The maximum Gasteiger partial charge on any atom is 0.251 e. The number of nitrogens with one attached hydrogen (secondary N) is 2. The first-order valence-corrected chi connectivity index (χ1v) is 9.22. The summed E-state index contributed by atoms with van der Waals surface area (Å²) in [4.78, 5) is 23.6. The van der Waals surface area contributed by atoms with Crippen LogP contribution in [-0.2, 0) is 11.2 Å². The number of anilines is 2. The van der Waals surface area contributed by atoms with Crippen molar-refractivity contribution in [2.45, 2.75) is 19.8 Å². The van der Waals surface area contributed by atoms with Crippen LogP contribution >= 0.6 is 0 Å². The van der Waals surface area contributed by atoms with Crippen molar-refractivity contribution in [3.63, 3.8) is 0 Å². The van der Waals surface area contributed by atoms with Gasteiger partial charge in [0.1, 0.15) is 0 Å². The van der Waals surface area contributed by atoms with E-state index in [0.29, 0.717) is 30.0 Å². The molecule has 0 unspecified atom stereocenters. The van der Waals surface area contributed by atoms with Gasteiger partial charge in [0.15, 0.2) is 5.82 Å². The van der Waals surface area contributed by atoms with Gasteiger partial charge in [-0.3, -0.25) is 9.59 Å². The molecule has 0 saturated carbocycles. The average molecular weight is 375 g/mol. The molecule has 0 aliphatic carbocycles. The van der Waals surface area contributed by atoms with Crippen LogP contribution in [0.15, 0.2) is 48.7 Å². The van der Waals surface area contributed by atoms with Gasteiger partial charge in [-0.1, -0.05) is 25.1 Å². The van der Waals surface area contributed by atoms with Gasteiger partial charge in [0.25, 0.3) is 5.91 Å². The monoisotopic (exact) mass is 375 g/mol. The van der Waals surface area contributed by atoms with Gasteiger partial charge in [0.05, 0.1) is 5.69 Å². The molecule has 2 amide bonds. The largest absolute Gasteiger partial charge is 0.382 e. The zero-order valence-corrected chi connectivity index (χ0v) is 15.5. The van der Waals surface area contributed by atoms with Gasteiger partial charge in [-0.15, -0.1) is 0 Å². The molecule has 7 heteroatoms. The number of nitrogens with two attached hydrogens (primary N) is 1. The van der Waals surface area contributed by atoms with Crippen LogP contribution in [0.3, 0.4) is 0 Å². The van der Waals surface area contributed by atoms with Crippen molar-refractivity contribution < 1.29 is 9.59 Å². The zero-order valence-electron chi connectivity index (χ0n) is 15.5. The Morgan fingerprint density at radius 3 is 2.93 bits per heavy atom. The molecule has 4 rings (SSSR count). The molecule has 0 saturated heterocycles. The van der Waals surface area contributed by atoms with Gasteiger partial charge in [0.2, 0.25) is 5.91 Å². The molecule has 1 aliphatic heterocycles. The van der Waals surface area contributed by atoms with Gasteiger partial charge in [-0.2, -0.15) is 5.10 Å². The van der Waals surface area contributed by atoms with Gasteiger partial charge in [-0.25, -0.2) is 4.68 Å². The van der Waals surface area contributed by atoms with Crippen molar-refractivity contribution in [3.8, 4) is 16.8 Å². The first-order chi connectivity index (χ1) is 13.5. The Kier molecular flexibility index (Phi) is 4.57. The topological polar surface area (TPSA) is 102 Å². The summed E-state index contributed by atoms with van der Waals surface area (Å²) < 4.78 is 1.69. The zero-order chi connectivity index (χ0) is 19.7. The Morgan fingerprint density at radius 1 is 1.25 bits per heavy atom. The smallest absolute Gasteiger partial charge is 0.251 e. The van der Waals surface area contributed by atoms with Crippen LogP contribution in [0.4, 0.5) is 11.5 Å². The molecule has 3 aromatic rings. The summed E-state index contributed by atoms with van der Waals surface area (Å²) in [5.41, 5.74) is 11.1. The van der Waals surface area contributed by atoms with Gasteiger partial charge >= 0.3 is 0 Å². The lowest BCUT2D eigenvalue weighted by Crippen LogP contribution is -2.31. The second-order valence-corrected chi connectivity index (χ2v) is 6.70. The summed E-state index contributed by atoms with van der Waals surface area (Å²) in [6.07, 6.45) is 3.07. The van der Waals surface area contributed by atoms with E-state index in [9.17, 15) is 9.59 Å². The van der Waals surface area contributed by atoms with Crippen LogP contribution in [0.5, 0.6) is 0 Å². The van der Waals surface area contributed by atoms with Gasteiger partial charge in [0, 0.05) is 36.0 Å². The first-order valence-electron chi connectivity index (χ1n) is 9.22. The van der Waals surface area contributed by atoms with Crippen LogP contribution in [0.2, 0.25) is 0 Å². The molecule has 7 nitrogen and oxygen atoms in total. The third-order valence-electron chi connectivity index (χ3n) is 4.80. The Bertz CT molecular complexity index is 1070. The predicted molar refractivity (Wildman–Crippen MR) is 108 cm³/mol. The van der Waals surface area contributed by atoms with E-state index in [1.165, 1.54) is 0 Å². The summed E-state index contributed by atoms with van der Waals surface area (Å²) in [5, 5.41) is 10.1. The number of fused-ring (bicyclic) bond motifs is 1. The molecule has 0 fully saturated rings. The second-order valence-electron chi connectivity index (χ2n) is 6.70. The average Bonchev–Trinajstić information content (AvgIpc) is 3.10. The standard InChI is InChI=1S/C21H21N5O2/c1-2-19(27)24-15-4-3-5-16(11-15)26-12-18(20(22)25-26)13-6-7-17-14(10-13)8-9-23-21(17)28/h3-7,10-12H,2,8-9H2,1H3,(H2,22,25)(H,23,28)(H,24,27). The Hall–Kier alpha value is -3.61. The molecule has 0 atom stereocenters. The van der Waals surface area contributed by atoms with E-state index >= 15 is 0 Å².